The van der Waals surface area contributed by atoms with Crippen LogP contribution in [0.2, 0.25) is 0 Å². The summed E-state index contributed by atoms with van der Waals surface area (Å²) >= 11 is 0. The van der Waals surface area contributed by atoms with E-state index in [-0.39, 0.29) is 19.4 Å². The van der Waals surface area contributed by atoms with Gasteiger partial charge in [-0.05, 0) is 44.4 Å². The van der Waals surface area contributed by atoms with Crippen molar-refractivity contribution in [2.24, 2.45) is 5.92 Å². The summed E-state index contributed by atoms with van der Waals surface area (Å²) in [6.45, 7) is 5.89. The molecule has 10 heteroatoms. The monoisotopic (exact) mass is 660 g/mol. The van der Waals surface area contributed by atoms with Gasteiger partial charge in [-0.15, -0.1) is 0 Å². The first-order chi connectivity index (χ1) is 21.6. The molecule has 3 atom stereocenters. The van der Waals surface area contributed by atoms with E-state index < -0.39 is 32.5 Å². The van der Waals surface area contributed by atoms with Crippen LogP contribution >= 0.6 is 7.82 Å². The Kier molecular flexibility index (Phi) is 24.9. The van der Waals surface area contributed by atoms with E-state index in [2.05, 4.69) is 37.4 Å². The molecule has 1 aliphatic rings. The van der Waals surface area contributed by atoms with Gasteiger partial charge >= 0.3 is 19.8 Å². The molecule has 0 aliphatic carbocycles. The largest absolute Gasteiger partial charge is 0.469 e. The first kappa shape index (κ1) is 41.8. The number of hydrogen-bond donors (Lipinski definition) is 2. The highest BCUT2D eigenvalue weighted by atomic mass is 31.2. The zero-order valence-corrected chi connectivity index (χ0v) is 29.5. The molecule has 0 amide bonds. The van der Waals surface area contributed by atoms with Crippen molar-refractivity contribution in [3.63, 3.8) is 0 Å². The van der Waals surface area contributed by atoms with Crippen molar-refractivity contribution in [3.05, 3.63) is 12.2 Å². The lowest BCUT2D eigenvalue weighted by molar-refractivity contribution is -0.161. The lowest BCUT2D eigenvalue weighted by Crippen LogP contribution is -2.29. The van der Waals surface area contributed by atoms with Crippen molar-refractivity contribution in [1.82, 2.24) is 0 Å². The van der Waals surface area contributed by atoms with Crippen LogP contribution in [0.1, 0.15) is 162 Å². The van der Waals surface area contributed by atoms with Crippen molar-refractivity contribution in [3.8, 4) is 0 Å². The maximum Gasteiger partial charge on any atom is 0.469 e. The quantitative estimate of drug-likeness (QED) is 0.0246. The lowest BCUT2D eigenvalue weighted by atomic mass is 10.0. The summed E-state index contributed by atoms with van der Waals surface area (Å²) in [4.78, 5) is 42.6. The maximum absolute atomic E-state index is 12.3. The second-order valence-corrected chi connectivity index (χ2v) is 14.3. The molecule has 1 aliphatic heterocycles. The Balaban J connectivity index is 2.11. The van der Waals surface area contributed by atoms with E-state index in [4.69, 9.17) is 24.0 Å². The highest BCUT2D eigenvalue weighted by Crippen LogP contribution is 2.36. The number of phosphoric acid groups is 1. The van der Waals surface area contributed by atoms with Crippen molar-refractivity contribution in [2.75, 3.05) is 13.2 Å². The molecule has 0 radical (unpaired) electrons. The molecule has 0 bridgehead atoms. The van der Waals surface area contributed by atoms with Gasteiger partial charge in [0.05, 0.1) is 18.8 Å². The minimum Gasteiger partial charge on any atom is -0.462 e. The number of allylic oxidation sites excluding steroid dienone is 1. The predicted octanol–water partition coefficient (Wildman–Crippen LogP) is 9.13. The number of carbonyl (C=O) groups is 2. The molecule has 0 aromatic heterocycles. The van der Waals surface area contributed by atoms with Crippen molar-refractivity contribution >= 4 is 19.8 Å². The highest BCUT2D eigenvalue weighted by Gasteiger charge is 2.36. The standard InChI is InChI=1S/C35H65O9P/c1-4-5-6-7-14-19-24-32-33(44-32)25-20-15-12-17-21-26-34(36)41-28-31(29-42-45(38,39)40)43-35(37)27-22-16-11-9-8-10-13-18-23-30(2)3/h14,19,30-33H,4-13,15-18,20-29H2,1-3H3,(H2,38,39,40)/b19-14-/t31-,32?,33?/m1/s1. The van der Waals surface area contributed by atoms with Crippen molar-refractivity contribution in [2.45, 2.75) is 180 Å². The van der Waals surface area contributed by atoms with Crippen LogP contribution in [0, 0.1) is 5.92 Å². The zero-order valence-electron chi connectivity index (χ0n) is 28.6. The maximum atomic E-state index is 12.3. The van der Waals surface area contributed by atoms with Crippen LogP contribution < -0.4 is 0 Å². The second-order valence-electron chi connectivity index (χ2n) is 13.1. The molecule has 0 aromatic rings. The molecule has 1 rings (SSSR count). The van der Waals surface area contributed by atoms with E-state index in [9.17, 15) is 14.2 Å². The number of rotatable bonds is 31. The van der Waals surface area contributed by atoms with Crippen LogP contribution in [-0.2, 0) is 32.9 Å². The Morgan fingerprint density at radius 3 is 1.98 bits per heavy atom. The average Bonchev–Trinajstić information content (AvgIpc) is 3.74. The molecule has 2 unspecified atom stereocenters. The Hall–Kier alpha value is -1.25. The number of phosphoric ester groups is 1. The molecular weight excluding hydrogens is 595 g/mol. The molecule has 9 nitrogen and oxygen atoms in total. The van der Waals surface area contributed by atoms with Gasteiger partial charge in [0.25, 0.3) is 0 Å². The van der Waals surface area contributed by atoms with E-state index >= 15 is 0 Å². The number of esters is 2. The van der Waals surface area contributed by atoms with Crippen LogP contribution in [0.5, 0.6) is 0 Å². The third-order valence-corrected chi connectivity index (χ3v) is 8.62. The molecule has 264 valence electrons. The molecule has 1 saturated heterocycles. The summed E-state index contributed by atoms with van der Waals surface area (Å²) in [5.74, 6) is -0.140. The third kappa shape index (κ3) is 27.6. The van der Waals surface area contributed by atoms with Gasteiger partial charge in [-0.2, -0.15) is 0 Å². The smallest absolute Gasteiger partial charge is 0.462 e. The zero-order chi connectivity index (χ0) is 33.2. The van der Waals surface area contributed by atoms with Crippen molar-refractivity contribution < 1.29 is 42.7 Å². The summed E-state index contributed by atoms with van der Waals surface area (Å²) in [7, 11) is -4.75. The minimum atomic E-state index is -4.75. The second kappa shape index (κ2) is 26.8. The van der Waals surface area contributed by atoms with E-state index in [1.165, 1.54) is 51.4 Å². The van der Waals surface area contributed by atoms with Gasteiger partial charge in [0.1, 0.15) is 6.61 Å². The normalized spacial score (nSPS) is 17.2. The Morgan fingerprint density at radius 1 is 0.756 bits per heavy atom. The van der Waals surface area contributed by atoms with E-state index in [0.717, 1.165) is 70.1 Å². The van der Waals surface area contributed by atoms with Gasteiger partial charge in [0.2, 0.25) is 0 Å². The summed E-state index contributed by atoms with van der Waals surface area (Å²) in [6, 6.07) is 0. The van der Waals surface area contributed by atoms with Gasteiger partial charge in [-0.3, -0.25) is 14.1 Å². The Labute approximate surface area is 273 Å². The highest BCUT2D eigenvalue weighted by molar-refractivity contribution is 7.46. The van der Waals surface area contributed by atoms with Gasteiger partial charge in [-0.1, -0.05) is 123 Å². The topological polar surface area (TPSA) is 132 Å². The predicted molar refractivity (Wildman–Crippen MR) is 179 cm³/mol. The van der Waals surface area contributed by atoms with E-state index in [0.29, 0.717) is 25.0 Å². The lowest BCUT2D eigenvalue weighted by Gasteiger charge is -2.18. The molecule has 0 saturated carbocycles. The van der Waals surface area contributed by atoms with Crippen molar-refractivity contribution in [1.29, 1.82) is 0 Å². The Bertz CT molecular complexity index is 826. The third-order valence-electron chi connectivity index (χ3n) is 8.14. The van der Waals surface area contributed by atoms with Crippen LogP contribution in [-0.4, -0.2) is 53.3 Å². The molecule has 0 spiro atoms. The molecule has 1 heterocycles. The van der Waals surface area contributed by atoms with E-state index in [1.807, 2.05) is 0 Å². The van der Waals surface area contributed by atoms with Crippen LogP contribution in [0.25, 0.3) is 0 Å². The SMILES string of the molecule is CCCCC/C=C\CC1OC1CCCCCCCC(=O)OC[C@H](COP(=O)(O)O)OC(=O)CCCCCCCCCCC(C)C. The fourth-order valence-corrected chi connectivity index (χ4v) is 5.69. The van der Waals surface area contributed by atoms with Crippen LogP contribution in [0.15, 0.2) is 12.2 Å². The average molecular weight is 661 g/mol. The van der Waals surface area contributed by atoms with Gasteiger partial charge < -0.3 is 24.0 Å². The number of hydrogen-bond acceptors (Lipinski definition) is 7. The fourth-order valence-electron chi connectivity index (χ4n) is 5.33. The molecule has 1 fully saturated rings. The van der Waals surface area contributed by atoms with Gasteiger partial charge in [-0.25, -0.2) is 4.57 Å². The number of epoxide rings is 1. The minimum absolute atomic E-state index is 0.207. The van der Waals surface area contributed by atoms with Gasteiger partial charge in [0, 0.05) is 12.8 Å². The molecular formula is C35H65O9P. The number of ether oxygens (including phenoxy) is 3. The Morgan fingerprint density at radius 2 is 1.36 bits per heavy atom. The van der Waals surface area contributed by atoms with Gasteiger partial charge in [0.15, 0.2) is 6.10 Å². The summed E-state index contributed by atoms with van der Waals surface area (Å²) < 4.78 is 32.0. The summed E-state index contributed by atoms with van der Waals surface area (Å²) in [5, 5.41) is 0. The number of carbonyl (C=O) groups excluding carboxylic acids is 2. The number of unbranched alkanes of at least 4 members (excludes halogenated alkanes) is 14. The van der Waals surface area contributed by atoms with Crippen LogP contribution in [0.4, 0.5) is 0 Å². The summed E-state index contributed by atoms with van der Waals surface area (Å²) in [5.41, 5.74) is 0. The molecule has 45 heavy (non-hydrogen) atoms. The first-order valence-corrected chi connectivity index (χ1v) is 19.5. The molecule has 0 aromatic carbocycles. The van der Waals surface area contributed by atoms with Crippen LogP contribution in [0.3, 0.4) is 0 Å². The van der Waals surface area contributed by atoms with E-state index in [1.54, 1.807) is 0 Å². The molecule has 2 N–H and O–H groups in total. The summed E-state index contributed by atoms with van der Waals surface area (Å²) in [6.07, 6.45) is 26.8. The first-order valence-electron chi connectivity index (χ1n) is 18.0. The fraction of sp³-hybridized carbons (Fsp3) is 0.886.